The molecule has 0 radical (unpaired) electrons. The predicted molar refractivity (Wildman–Crippen MR) is 73.0 cm³/mol. The molecule has 0 atom stereocenters. The van der Waals surface area contributed by atoms with Crippen LogP contribution in [0.5, 0.6) is 0 Å². The summed E-state index contributed by atoms with van der Waals surface area (Å²) in [6.07, 6.45) is 2.03. The Hall–Kier alpha value is -1.56. The normalized spacial score (nSPS) is 9.83. The monoisotopic (exact) mass is 269 g/mol. The second-order valence-electron chi connectivity index (χ2n) is 3.77. The predicted octanol–water partition coefficient (Wildman–Crippen LogP) is 1.58. The molecule has 0 saturated carbocycles. The molecule has 18 heavy (non-hydrogen) atoms. The highest BCUT2D eigenvalue weighted by atomic mass is 32.1. The Morgan fingerprint density at radius 1 is 1.17 bits per heavy atom. The van der Waals surface area contributed by atoms with E-state index in [-0.39, 0.29) is 11.9 Å². The van der Waals surface area contributed by atoms with E-state index in [9.17, 15) is 9.59 Å². The van der Waals surface area contributed by atoms with Crippen LogP contribution in [0.3, 0.4) is 0 Å². The van der Waals surface area contributed by atoms with E-state index in [0.717, 1.165) is 12.8 Å². The molecule has 0 saturated heterocycles. The number of unbranched alkanes of at least 4 members (excludes halogenated alkanes) is 1. The Bertz CT molecular complexity index is 365. The number of urea groups is 1. The Morgan fingerprint density at radius 3 is 2.56 bits per heavy atom. The molecule has 0 aromatic carbocycles. The molecule has 0 aliphatic carbocycles. The van der Waals surface area contributed by atoms with Crippen molar-refractivity contribution in [2.75, 3.05) is 19.6 Å². The van der Waals surface area contributed by atoms with Gasteiger partial charge in [-0.2, -0.15) is 0 Å². The van der Waals surface area contributed by atoms with E-state index < -0.39 is 0 Å². The summed E-state index contributed by atoms with van der Waals surface area (Å²) in [6, 6.07) is 3.41. The van der Waals surface area contributed by atoms with Gasteiger partial charge in [-0.15, -0.1) is 11.3 Å². The van der Waals surface area contributed by atoms with Crippen molar-refractivity contribution >= 4 is 23.3 Å². The van der Waals surface area contributed by atoms with E-state index in [1.807, 2.05) is 11.4 Å². The molecule has 0 unspecified atom stereocenters. The van der Waals surface area contributed by atoms with Gasteiger partial charge in [-0.1, -0.05) is 19.4 Å². The van der Waals surface area contributed by atoms with E-state index in [1.54, 1.807) is 6.07 Å². The molecule has 0 spiro atoms. The van der Waals surface area contributed by atoms with Gasteiger partial charge in [0.15, 0.2) is 0 Å². The van der Waals surface area contributed by atoms with Gasteiger partial charge < -0.3 is 16.0 Å². The second kappa shape index (κ2) is 8.52. The number of amides is 3. The highest BCUT2D eigenvalue weighted by Gasteiger charge is 2.05. The van der Waals surface area contributed by atoms with Crippen LogP contribution in [0.4, 0.5) is 4.79 Å². The summed E-state index contributed by atoms with van der Waals surface area (Å²) in [7, 11) is 0. The van der Waals surface area contributed by atoms with Gasteiger partial charge in [-0.25, -0.2) is 4.79 Å². The first-order chi connectivity index (χ1) is 8.74. The molecule has 3 amide bonds. The van der Waals surface area contributed by atoms with Gasteiger partial charge in [0.25, 0.3) is 5.91 Å². The van der Waals surface area contributed by atoms with E-state index in [0.29, 0.717) is 24.5 Å². The van der Waals surface area contributed by atoms with Gasteiger partial charge in [0, 0.05) is 19.6 Å². The minimum absolute atomic E-state index is 0.0989. The number of thiophene rings is 1. The molecule has 1 aromatic rings. The summed E-state index contributed by atoms with van der Waals surface area (Å²) in [5.74, 6) is -0.0989. The second-order valence-corrected chi connectivity index (χ2v) is 4.72. The first-order valence-corrected chi connectivity index (χ1v) is 6.95. The maximum absolute atomic E-state index is 11.5. The number of carbonyl (C=O) groups is 2. The Morgan fingerprint density at radius 2 is 1.89 bits per heavy atom. The zero-order chi connectivity index (χ0) is 13.2. The molecule has 5 nitrogen and oxygen atoms in total. The Balaban J connectivity index is 2.04. The van der Waals surface area contributed by atoms with Gasteiger partial charge in [0.05, 0.1) is 4.88 Å². The lowest BCUT2D eigenvalue weighted by Gasteiger charge is -2.07. The summed E-state index contributed by atoms with van der Waals surface area (Å²) in [4.78, 5) is 23.5. The number of nitrogens with one attached hydrogen (secondary N) is 3. The van der Waals surface area contributed by atoms with Gasteiger partial charge in [-0.05, 0) is 17.9 Å². The van der Waals surface area contributed by atoms with Crippen LogP contribution < -0.4 is 16.0 Å². The highest BCUT2D eigenvalue weighted by molar-refractivity contribution is 7.12. The quantitative estimate of drug-likeness (QED) is 0.658. The van der Waals surface area contributed by atoms with E-state index >= 15 is 0 Å². The number of carbonyl (C=O) groups excluding carboxylic acids is 2. The molecule has 0 fully saturated rings. The minimum Gasteiger partial charge on any atom is -0.350 e. The lowest BCUT2D eigenvalue weighted by atomic mass is 10.3. The van der Waals surface area contributed by atoms with Crippen molar-refractivity contribution in [3.05, 3.63) is 22.4 Å². The third-order valence-corrected chi connectivity index (χ3v) is 3.13. The molecular weight excluding hydrogens is 250 g/mol. The summed E-state index contributed by atoms with van der Waals surface area (Å²) in [5, 5.41) is 10.0. The molecule has 6 heteroatoms. The zero-order valence-electron chi connectivity index (χ0n) is 10.5. The molecule has 0 aliphatic rings. The first-order valence-electron chi connectivity index (χ1n) is 6.07. The molecule has 3 N–H and O–H groups in total. The fourth-order valence-electron chi connectivity index (χ4n) is 1.29. The molecule has 1 heterocycles. The highest BCUT2D eigenvalue weighted by Crippen LogP contribution is 2.07. The molecule has 1 rings (SSSR count). The van der Waals surface area contributed by atoms with Crippen molar-refractivity contribution in [2.24, 2.45) is 0 Å². The van der Waals surface area contributed by atoms with Crippen molar-refractivity contribution in [3.63, 3.8) is 0 Å². The smallest absolute Gasteiger partial charge is 0.314 e. The van der Waals surface area contributed by atoms with Gasteiger partial charge in [-0.3, -0.25) is 4.79 Å². The van der Waals surface area contributed by atoms with Crippen molar-refractivity contribution < 1.29 is 9.59 Å². The van der Waals surface area contributed by atoms with Gasteiger partial charge in [0.1, 0.15) is 0 Å². The third kappa shape index (κ3) is 5.67. The van der Waals surface area contributed by atoms with Gasteiger partial charge >= 0.3 is 6.03 Å². The lowest BCUT2D eigenvalue weighted by molar-refractivity contribution is 0.0958. The average Bonchev–Trinajstić information content (AvgIpc) is 2.88. The average molecular weight is 269 g/mol. The van der Waals surface area contributed by atoms with Crippen LogP contribution >= 0.6 is 11.3 Å². The fraction of sp³-hybridized carbons (Fsp3) is 0.500. The van der Waals surface area contributed by atoms with Crippen LogP contribution in [0, 0.1) is 0 Å². The van der Waals surface area contributed by atoms with Crippen molar-refractivity contribution in [1.29, 1.82) is 0 Å². The Labute approximate surface area is 111 Å². The summed E-state index contributed by atoms with van der Waals surface area (Å²) in [6.45, 7) is 3.61. The van der Waals surface area contributed by atoms with Crippen LogP contribution in [0.1, 0.15) is 29.4 Å². The number of rotatable bonds is 7. The third-order valence-electron chi connectivity index (χ3n) is 2.26. The maximum atomic E-state index is 11.5. The lowest BCUT2D eigenvalue weighted by Crippen LogP contribution is -2.40. The van der Waals surface area contributed by atoms with Crippen LogP contribution in [0.2, 0.25) is 0 Å². The first kappa shape index (κ1) is 14.5. The fourth-order valence-corrected chi connectivity index (χ4v) is 1.93. The molecule has 100 valence electrons. The number of hydrogen-bond donors (Lipinski definition) is 3. The molecular formula is C12H19N3O2S. The van der Waals surface area contributed by atoms with Crippen molar-refractivity contribution in [2.45, 2.75) is 19.8 Å². The Kier molecular flexibility index (Phi) is 6.86. The van der Waals surface area contributed by atoms with Gasteiger partial charge in [0.2, 0.25) is 0 Å². The topological polar surface area (TPSA) is 70.2 Å². The van der Waals surface area contributed by atoms with Crippen molar-refractivity contribution in [3.8, 4) is 0 Å². The summed E-state index contributed by atoms with van der Waals surface area (Å²) in [5.41, 5.74) is 0. The molecule has 0 bridgehead atoms. The zero-order valence-corrected chi connectivity index (χ0v) is 11.3. The van der Waals surface area contributed by atoms with E-state index in [1.165, 1.54) is 11.3 Å². The maximum Gasteiger partial charge on any atom is 0.314 e. The van der Waals surface area contributed by atoms with Crippen molar-refractivity contribution in [1.82, 2.24) is 16.0 Å². The van der Waals surface area contributed by atoms with Crippen LogP contribution in [0.15, 0.2) is 17.5 Å². The molecule has 0 aliphatic heterocycles. The van der Waals surface area contributed by atoms with Crippen LogP contribution in [-0.2, 0) is 0 Å². The van der Waals surface area contributed by atoms with E-state index in [2.05, 4.69) is 22.9 Å². The van der Waals surface area contributed by atoms with Crippen LogP contribution in [-0.4, -0.2) is 31.6 Å². The standard InChI is InChI=1S/C12H19N3O2S/c1-2-3-6-14-12(17)15-8-7-13-11(16)10-5-4-9-18-10/h4-5,9H,2-3,6-8H2,1H3,(H,13,16)(H2,14,15,17). The summed E-state index contributed by atoms with van der Waals surface area (Å²) >= 11 is 1.40. The largest absolute Gasteiger partial charge is 0.350 e. The van der Waals surface area contributed by atoms with Crippen LogP contribution in [0.25, 0.3) is 0 Å². The van der Waals surface area contributed by atoms with E-state index in [4.69, 9.17) is 0 Å². The SMILES string of the molecule is CCCCNC(=O)NCCNC(=O)c1cccs1. The number of hydrogen-bond acceptors (Lipinski definition) is 3. The summed E-state index contributed by atoms with van der Waals surface area (Å²) < 4.78 is 0. The minimum atomic E-state index is -0.186. The molecule has 1 aromatic heterocycles.